The largest absolute Gasteiger partial charge is 0.394 e. The summed E-state index contributed by atoms with van der Waals surface area (Å²) in [7, 11) is 0. The first-order valence-corrected chi connectivity index (χ1v) is 15.2. The maximum Gasteiger partial charge on any atom is 0.253 e. The molecule has 6 atom stereocenters. The maximum absolute atomic E-state index is 14.9. The topological polar surface area (TPSA) is 90.4 Å². The van der Waals surface area contributed by atoms with E-state index >= 15 is 0 Å². The smallest absolute Gasteiger partial charge is 0.253 e. The molecule has 8 nitrogen and oxygen atoms in total. The third kappa shape index (κ3) is 5.00. The van der Waals surface area contributed by atoms with Crippen LogP contribution < -0.4 is 9.80 Å². The van der Waals surface area contributed by atoms with Gasteiger partial charge in [-0.3, -0.25) is 14.4 Å². The zero-order valence-corrected chi connectivity index (χ0v) is 25.6. The first-order valence-electron chi connectivity index (χ1n) is 15.2. The fourth-order valence-electron chi connectivity index (χ4n) is 7.46. The number of aryl methyl sites for hydroxylation is 2. The van der Waals surface area contributed by atoms with Gasteiger partial charge in [-0.05, 0) is 61.9 Å². The van der Waals surface area contributed by atoms with E-state index in [-0.39, 0.29) is 43.3 Å². The quantitative estimate of drug-likeness (QED) is 0.394. The molecule has 0 aliphatic carbocycles. The van der Waals surface area contributed by atoms with Crippen molar-refractivity contribution in [2.24, 2.45) is 17.8 Å². The predicted octanol–water partition coefficient (Wildman–Crippen LogP) is 4.43. The van der Waals surface area contributed by atoms with Crippen LogP contribution in [0.2, 0.25) is 0 Å². The van der Waals surface area contributed by atoms with Crippen LogP contribution in [0.1, 0.15) is 37.8 Å². The van der Waals surface area contributed by atoms with Gasteiger partial charge in [-0.1, -0.05) is 56.3 Å². The summed E-state index contributed by atoms with van der Waals surface area (Å²) in [5, 5.41) is 10.6. The second-order valence-corrected chi connectivity index (χ2v) is 12.4. The van der Waals surface area contributed by atoms with Gasteiger partial charge in [-0.25, -0.2) is 0 Å². The SMILES string of the molecule is C=CCN(C(=O)[C@@H]1[C@@H]2CCC3(O2)C(C(=O)N(CC=C)c2cc(C)ccc2C)N([C@@H](CO)C(C)C)C(=O)[C@H]13)c1ccccc1. The summed E-state index contributed by atoms with van der Waals surface area (Å²) >= 11 is 0. The minimum absolute atomic E-state index is 0.138. The summed E-state index contributed by atoms with van der Waals surface area (Å²) in [6, 6.07) is 13.6. The van der Waals surface area contributed by atoms with Gasteiger partial charge in [0.25, 0.3) is 5.91 Å². The number of amides is 3. The van der Waals surface area contributed by atoms with Crippen molar-refractivity contribution in [1.82, 2.24) is 4.90 Å². The Morgan fingerprint density at radius 3 is 2.37 bits per heavy atom. The Morgan fingerprint density at radius 1 is 1.07 bits per heavy atom. The van der Waals surface area contributed by atoms with Crippen molar-refractivity contribution >= 4 is 29.1 Å². The van der Waals surface area contributed by atoms with Crippen LogP contribution in [-0.4, -0.2) is 71.2 Å². The van der Waals surface area contributed by atoms with Crippen molar-refractivity contribution in [3.63, 3.8) is 0 Å². The minimum atomic E-state index is -1.19. The Morgan fingerprint density at radius 2 is 1.74 bits per heavy atom. The number of likely N-dealkylation sites (tertiary alicyclic amines) is 1. The summed E-state index contributed by atoms with van der Waals surface area (Å²) < 4.78 is 6.72. The van der Waals surface area contributed by atoms with Crippen LogP contribution in [0, 0.1) is 31.6 Å². The Labute approximate surface area is 254 Å². The van der Waals surface area contributed by atoms with Crippen molar-refractivity contribution in [1.29, 1.82) is 0 Å². The molecule has 3 heterocycles. The lowest BCUT2D eigenvalue weighted by molar-refractivity contribution is -0.145. The molecule has 0 saturated carbocycles. The highest BCUT2D eigenvalue weighted by atomic mass is 16.5. The molecule has 3 amide bonds. The van der Waals surface area contributed by atoms with Gasteiger partial charge in [0.05, 0.1) is 30.6 Å². The molecule has 2 aromatic rings. The van der Waals surface area contributed by atoms with Crippen molar-refractivity contribution in [2.75, 3.05) is 29.5 Å². The molecule has 2 aromatic carbocycles. The molecule has 8 heteroatoms. The number of benzene rings is 2. The van der Waals surface area contributed by atoms with Crippen LogP contribution in [0.3, 0.4) is 0 Å². The number of rotatable bonds is 11. The Bertz CT molecular complexity index is 1410. The number of ether oxygens (including phenoxy) is 1. The predicted molar refractivity (Wildman–Crippen MR) is 168 cm³/mol. The van der Waals surface area contributed by atoms with Crippen LogP contribution in [0.25, 0.3) is 0 Å². The van der Waals surface area contributed by atoms with Gasteiger partial charge < -0.3 is 24.5 Å². The van der Waals surface area contributed by atoms with Gasteiger partial charge in [-0.15, -0.1) is 13.2 Å². The number of hydrogen-bond acceptors (Lipinski definition) is 5. The molecule has 0 aromatic heterocycles. The van der Waals surface area contributed by atoms with Crippen molar-refractivity contribution in [3.8, 4) is 0 Å². The zero-order chi connectivity index (χ0) is 31.1. The normalized spacial score (nSPS) is 26.4. The van der Waals surface area contributed by atoms with Crippen molar-refractivity contribution in [3.05, 3.63) is 85.0 Å². The van der Waals surface area contributed by atoms with E-state index in [1.165, 1.54) is 0 Å². The fourth-order valence-corrected chi connectivity index (χ4v) is 7.46. The number of aliphatic hydroxyl groups is 1. The van der Waals surface area contributed by atoms with E-state index < -0.39 is 35.6 Å². The average Bonchev–Trinajstić information content (AvgIpc) is 3.64. The van der Waals surface area contributed by atoms with Crippen LogP contribution in [0.5, 0.6) is 0 Å². The van der Waals surface area contributed by atoms with Gasteiger partial charge >= 0.3 is 0 Å². The zero-order valence-electron chi connectivity index (χ0n) is 25.6. The summed E-state index contributed by atoms with van der Waals surface area (Å²) in [5.74, 6) is -2.56. The lowest BCUT2D eigenvalue weighted by atomic mass is 9.70. The van der Waals surface area contributed by atoms with Gasteiger partial charge in [0, 0.05) is 24.5 Å². The molecule has 0 radical (unpaired) electrons. The number of aliphatic hydroxyl groups excluding tert-OH is 1. The molecule has 2 bridgehead atoms. The minimum Gasteiger partial charge on any atom is -0.394 e. The highest BCUT2D eigenvalue weighted by molar-refractivity contribution is 6.07. The second kappa shape index (κ2) is 12.1. The first-order chi connectivity index (χ1) is 20.6. The molecular formula is C35H43N3O5. The van der Waals surface area contributed by atoms with E-state index in [1.807, 2.05) is 76.2 Å². The van der Waals surface area contributed by atoms with Gasteiger partial charge in [-0.2, -0.15) is 0 Å². The summed E-state index contributed by atoms with van der Waals surface area (Å²) in [4.78, 5) is 48.7. The van der Waals surface area contributed by atoms with Crippen molar-refractivity contribution < 1.29 is 24.2 Å². The molecule has 228 valence electrons. The van der Waals surface area contributed by atoms with Crippen LogP contribution in [0.15, 0.2) is 73.8 Å². The third-order valence-corrected chi connectivity index (χ3v) is 9.45. The molecule has 3 aliphatic rings. The number of anilines is 2. The fraction of sp³-hybridized carbons (Fsp3) is 0.457. The van der Waals surface area contributed by atoms with Crippen molar-refractivity contribution in [2.45, 2.75) is 64.3 Å². The number of nitrogens with zero attached hydrogens (tertiary/aromatic N) is 3. The number of para-hydroxylation sites is 1. The highest BCUT2D eigenvalue weighted by Gasteiger charge is 2.75. The standard InChI is InChI=1S/C35H43N3O5/c1-7-18-36(25-12-10-9-11-13-25)32(40)29-28-16-17-35(43-28)30(29)33(41)38(27(21-39)22(3)4)31(35)34(42)37(19-8-2)26-20-23(5)14-15-24(26)6/h7-15,20,22,27-31,39H,1-2,16-19,21H2,3-6H3/t27-,28-,29+,30-,31?,35?/m0/s1. The van der Waals surface area contributed by atoms with Crippen LogP contribution >= 0.6 is 0 Å². The van der Waals surface area contributed by atoms with E-state index in [4.69, 9.17) is 4.74 Å². The van der Waals surface area contributed by atoms with Crippen LogP contribution in [0.4, 0.5) is 11.4 Å². The van der Waals surface area contributed by atoms with E-state index in [2.05, 4.69) is 13.2 Å². The molecule has 5 rings (SSSR count). The molecule has 1 spiro atoms. The third-order valence-electron chi connectivity index (χ3n) is 9.45. The Balaban J connectivity index is 1.62. The van der Waals surface area contributed by atoms with E-state index in [9.17, 15) is 19.5 Å². The lowest BCUT2D eigenvalue weighted by Crippen LogP contribution is -2.60. The van der Waals surface area contributed by atoms with E-state index in [0.29, 0.717) is 18.5 Å². The summed E-state index contributed by atoms with van der Waals surface area (Å²) in [6.07, 6.45) is 3.89. The van der Waals surface area contributed by atoms with Gasteiger partial charge in [0.15, 0.2) is 0 Å². The van der Waals surface area contributed by atoms with Gasteiger partial charge in [0.2, 0.25) is 11.8 Å². The molecule has 3 fully saturated rings. The summed E-state index contributed by atoms with van der Waals surface area (Å²) in [5.41, 5.74) is 2.18. The van der Waals surface area contributed by atoms with Crippen LogP contribution in [-0.2, 0) is 19.1 Å². The summed E-state index contributed by atoms with van der Waals surface area (Å²) in [6.45, 7) is 15.7. The Kier molecular flexibility index (Phi) is 8.63. The lowest BCUT2D eigenvalue weighted by Gasteiger charge is -2.40. The highest BCUT2D eigenvalue weighted by Crippen LogP contribution is 2.59. The number of hydrogen-bond donors (Lipinski definition) is 1. The average molecular weight is 586 g/mol. The number of carbonyl (C=O) groups is 3. The second-order valence-electron chi connectivity index (χ2n) is 12.4. The van der Waals surface area contributed by atoms with E-state index in [1.54, 1.807) is 26.9 Å². The monoisotopic (exact) mass is 585 g/mol. The molecule has 3 saturated heterocycles. The molecule has 43 heavy (non-hydrogen) atoms. The maximum atomic E-state index is 14.9. The molecule has 1 N–H and O–H groups in total. The Hall–Kier alpha value is -3.75. The molecule has 2 unspecified atom stereocenters. The number of fused-ring (bicyclic) bond motifs is 1. The van der Waals surface area contributed by atoms with Gasteiger partial charge in [0.1, 0.15) is 11.6 Å². The molecule has 3 aliphatic heterocycles. The first kappa shape index (κ1) is 30.7. The number of carbonyl (C=O) groups excluding carboxylic acids is 3. The van der Waals surface area contributed by atoms with E-state index in [0.717, 1.165) is 16.8 Å². The molecular weight excluding hydrogens is 542 g/mol.